The van der Waals surface area contributed by atoms with Gasteiger partial charge >= 0.3 is 6.18 Å². The number of benzene rings is 2. The first kappa shape index (κ1) is 28.3. The fourth-order valence-electron chi connectivity index (χ4n) is 4.90. The van der Waals surface area contributed by atoms with Crippen molar-refractivity contribution in [2.45, 2.75) is 50.6 Å². The minimum absolute atomic E-state index is 0.0798. The van der Waals surface area contributed by atoms with Gasteiger partial charge in [-0.15, -0.1) is 0 Å². The molecule has 5 rings (SSSR count). The molecule has 2 aromatic carbocycles. The Bertz CT molecular complexity index is 1480. The summed E-state index contributed by atoms with van der Waals surface area (Å²) in [6.45, 7) is 0.254. The summed E-state index contributed by atoms with van der Waals surface area (Å²) >= 11 is 0. The Hall–Kier alpha value is -4.26. The molecule has 218 valence electrons. The van der Waals surface area contributed by atoms with Crippen LogP contribution >= 0.6 is 0 Å². The number of hydrogen-bond donors (Lipinski definition) is 3. The van der Waals surface area contributed by atoms with E-state index in [-0.39, 0.29) is 18.7 Å². The molecule has 0 spiro atoms. The third-order valence-corrected chi connectivity index (χ3v) is 7.06. The maximum absolute atomic E-state index is 13.0. The highest BCUT2D eigenvalue weighted by molar-refractivity contribution is 5.87. The number of anilines is 3. The Morgan fingerprint density at radius 3 is 2.20 bits per heavy atom. The van der Waals surface area contributed by atoms with Gasteiger partial charge in [-0.2, -0.15) is 23.1 Å². The molecule has 0 atom stereocenters. The molecule has 1 fully saturated rings. The largest absolute Gasteiger partial charge is 0.493 e. The number of nitrogens with zero attached hydrogens (tertiary/aromatic N) is 4. The number of hydrogen-bond acceptors (Lipinski definition) is 9. The van der Waals surface area contributed by atoms with Crippen LogP contribution in [-0.2, 0) is 12.7 Å². The zero-order valence-electron chi connectivity index (χ0n) is 22.8. The second kappa shape index (κ2) is 11.7. The summed E-state index contributed by atoms with van der Waals surface area (Å²) in [5, 5.41) is 16.6. The highest BCUT2D eigenvalue weighted by Crippen LogP contribution is 2.41. The van der Waals surface area contributed by atoms with Crippen LogP contribution in [0.5, 0.6) is 17.2 Å². The number of imidazole rings is 1. The number of methoxy groups -OCH3 is 3. The van der Waals surface area contributed by atoms with E-state index in [4.69, 9.17) is 24.2 Å². The third-order valence-electron chi connectivity index (χ3n) is 7.06. The van der Waals surface area contributed by atoms with E-state index in [1.807, 2.05) is 0 Å². The van der Waals surface area contributed by atoms with E-state index in [1.54, 1.807) is 23.0 Å². The first-order chi connectivity index (χ1) is 19.7. The third kappa shape index (κ3) is 6.24. The van der Waals surface area contributed by atoms with E-state index in [2.05, 4.69) is 15.6 Å². The number of alkyl halides is 3. The summed E-state index contributed by atoms with van der Waals surface area (Å²) in [4.78, 5) is 14.0. The second-order valence-electron chi connectivity index (χ2n) is 9.82. The predicted octanol–water partition coefficient (Wildman–Crippen LogP) is 5.38. The molecule has 0 radical (unpaired) electrons. The highest BCUT2D eigenvalue weighted by atomic mass is 19.4. The summed E-state index contributed by atoms with van der Waals surface area (Å²) in [7, 11) is 4.57. The first-order valence-electron chi connectivity index (χ1n) is 13.1. The smallest absolute Gasteiger partial charge is 0.416 e. The fraction of sp³-hybridized carbons (Fsp3) is 0.393. The molecule has 2 heterocycles. The van der Waals surface area contributed by atoms with Crippen molar-refractivity contribution < 1.29 is 32.5 Å². The van der Waals surface area contributed by atoms with Gasteiger partial charge in [-0.25, -0.2) is 4.98 Å². The lowest BCUT2D eigenvalue weighted by Gasteiger charge is -2.26. The molecular weight excluding hydrogens is 541 g/mol. The van der Waals surface area contributed by atoms with E-state index < -0.39 is 11.7 Å². The Morgan fingerprint density at radius 2 is 1.61 bits per heavy atom. The summed E-state index contributed by atoms with van der Waals surface area (Å²) in [5.41, 5.74) is 1.51. The zero-order chi connectivity index (χ0) is 29.1. The lowest BCUT2D eigenvalue weighted by atomic mass is 9.93. The Balaban J connectivity index is 1.52. The minimum atomic E-state index is -4.41. The number of aliphatic hydroxyl groups excluding tert-OH is 1. The number of rotatable bonds is 9. The van der Waals surface area contributed by atoms with E-state index >= 15 is 0 Å². The maximum atomic E-state index is 13.0. The minimum Gasteiger partial charge on any atom is -0.493 e. The monoisotopic (exact) mass is 572 g/mol. The van der Waals surface area contributed by atoms with Gasteiger partial charge in [0.1, 0.15) is 0 Å². The Labute approximate surface area is 234 Å². The van der Waals surface area contributed by atoms with Gasteiger partial charge in [0.2, 0.25) is 11.7 Å². The molecule has 1 aliphatic carbocycles. The summed E-state index contributed by atoms with van der Waals surface area (Å²) in [6.07, 6.45) is -0.232. The standard InChI is InChI=1S/C28H31F3N6O4/c1-39-21-12-19(13-22(40-2)24(21)41-3)33-25-23-26(36-27(35-25)34-18-8-10-20(38)11-9-18)37(15-32-23)14-16-4-6-17(7-5-16)28(29,30)31/h4-7,12-13,15,18,20,38H,8-11,14H2,1-3H3,(H2,33,34,35,36). The lowest BCUT2D eigenvalue weighted by molar-refractivity contribution is -0.137. The SMILES string of the molecule is COc1cc(Nc2nc(NC3CCC(O)CC3)nc3c2ncn3Cc2ccc(C(F)(F)F)cc2)cc(OC)c1OC. The molecule has 3 N–H and O–H groups in total. The van der Waals surface area contributed by atoms with Gasteiger partial charge in [0.25, 0.3) is 0 Å². The molecule has 0 unspecified atom stereocenters. The molecule has 13 heteroatoms. The number of nitrogens with one attached hydrogen (secondary N) is 2. The van der Waals surface area contributed by atoms with Crippen molar-refractivity contribution >= 4 is 28.6 Å². The van der Waals surface area contributed by atoms with Crippen molar-refractivity contribution in [1.29, 1.82) is 0 Å². The van der Waals surface area contributed by atoms with Crippen molar-refractivity contribution in [1.82, 2.24) is 19.5 Å². The van der Waals surface area contributed by atoms with Gasteiger partial charge in [-0.05, 0) is 43.4 Å². The van der Waals surface area contributed by atoms with Crippen LogP contribution in [-0.4, -0.2) is 58.1 Å². The van der Waals surface area contributed by atoms with Crippen molar-refractivity contribution in [2.24, 2.45) is 0 Å². The zero-order valence-corrected chi connectivity index (χ0v) is 22.8. The molecular formula is C28H31F3N6O4. The number of fused-ring (bicyclic) bond motifs is 1. The van der Waals surface area contributed by atoms with E-state index in [0.29, 0.717) is 64.3 Å². The number of halogens is 3. The highest BCUT2D eigenvalue weighted by Gasteiger charge is 2.30. The molecule has 1 saturated carbocycles. The number of aromatic nitrogens is 4. The average molecular weight is 573 g/mol. The molecule has 10 nitrogen and oxygen atoms in total. The van der Waals surface area contributed by atoms with Crippen LogP contribution < -0.4 is 24.8 Å². The number of aliphatic hydroxyl groups is 1. The van der Waals surface area contributed by atoms with Crippen LogP contribution in [0.15, 0.2) is 42.7 Å². The molecule has 0 aliphatic heterocycles. The lowest BCUT2D eigenvalue weighted by Crippen LogP contribution is -2.29. The molecule has 0 amide bonds. The average Bonchev–Trinajstić information content (AvgIpc) is 3.36. The van der Waals surface area contributed by atoms with E-state index in [0.717, 1.165) is 25.0 Å². The topological polar surface area (TPSA) is 116 Å². The summed E-state index contributed by atoms with van der Waals surface area (Å²) < 4.78 is 57.3. The quantitative estimate of drug-likeness (QED) is 0.243. The summed E-state index contributed by atoms with van der Waals surface area (Å²) in [6, 6.07) is 8.57. The van der Waals surface area contributed by atoms with Crippen LogP contribution in [0.25, 0.3) is 11.2 Å². The van der Waals surface area contributed by atoms with Gasteiger partial charge in [-0.1, -0.05) is 12.1 Å². The van der Waals surface area contributed by atoms with Crippen molar-refractivity contribution in [3.8, 4) is 17.2 Å². The fourth-order valence-corrected chi connectivity index (χ4v) is 4.90. The van der Waals surface area contributed by atoms with Gasteiger partial charge in [0.05, 0.1) is 45.9 Å². The molecule has 41 heavy (non-hydrogen) atoms. The maximum Gasteiger partial charge on any atom is 0.416 e. The molecule has 0 saturated heterocycles. The van der Waals surface area contributed by atoms with Gasteiger partial charge < -0.3 is 34.5 Å². The van der Waals surface area contributed by atoms with E-state index in [1.165, 1.54) is 33.5 Å². The number of ether oxygens (including phenoxy) is 3. The molecule has 4 aromatic rings. The predicted molar refractivity (Wildman–Crippen MR) is 147 cm³/mol. The van der Waals surface area contributed by atoms with Crippen LogP contribution in [0.2, 0.25) is 0 Å². The molecule has 1 aliphatic rings. The van der Waals surface area contributed by atoms with Crippen LogP contribution in [0.3, 0.4) is 0 Å². The second-order valence-corrected chi connectivity index (χ2v) is 9.82. The van der Waals surface area contributed by atoms with Gasteiger partial charge in [-0.3, -0.25) is 0 Å². The van der Waals surface area contributed by atoms with Crippen molar-refractivity contribution in [3.63, 3.8) is 0 Å². The Morgan fingerprint density at radius 1 is 0.951 bits per heavy atom. The molecule has 2 aromatic heterocycles. The molecule has 0 bridgehead atoms. The van der Waals surface area contributed by atoms with Crippen LogP contribution in [0.1, 0.15) is 36.8 Å². The van der Waals surface area contributed by atoms with Crippen LogP contribution in [0, 0.1) is 0 Å². The normalized spacial score (nSPS) is 17.3. The van der Waals surface area contributed by atoms with Crippen LogP contribution in [0.4, 0.5) is 30.6 Å². The van der Waals surface area contributed by atoms with Gasteiger partial charge in [0.15, 0.2) is 28.5 Å². The van der Waals surface area contributed by atoms with Gasteiger partial charge in [0, 0.05) is 23.9 Å². The van der Waals surface area contributed by atoms with E-state index in [9.17, 15) is 18.3 Å². The Kier molecular flexibility index (Phi) is 8.06. The first-order valence-corrected chi connectivity index (χ1v) is 13.1. The van der Waals surface area contributed by atoms with Crippen molar-refractivity contribution in [3.05, 3.63) is 53.9 Å². The van der Waals surface area contributed by atoms with Crippen molar-refractivity contribution in [2.75, 3.05) is 32.0 Å². The summed E-state index contributed by atoms with van der Waals surface area (Å²) in [5.74, 6) is 2.12.